The lowest BCUT2D eigenvalue weighted by molar-refractivity contribution is -0.0285. The number of fused-ring (bicyclic) bond motifs is 1. The summed E-state index contributed by atoms with van der Waals surface area (Å²) in [5.74, 6) is 0.761. The van der Waals surface area contributed by atoms with Crippen LogP contribution in [0.1, 0.15) is 34.9 Å². The van der Waals surface area contributed by atoms with E-state index in [0.29, 0.717) is 25.4 Å². The minimum absolute atomic E-state index is 0.00952. The third-order valence-corrected chi connectivity index (χ3v) is 4.64. The second-order valence-electron chi connectivity index (χ2n) is 6.36. The van der Waals surface area contributed by atoms with Crippen molar-refractivity contribution < 1.29 is 9.53 Å². The van der Waals surface area contributed by atoms with E-state index in [1.165, 1.54) is 5.56 Å². The zero-order chi connectivity index (χ0) is 17.4. The molecular weight excluding hydrogens is 318 g/mol. The maximum absolute atomic E-state index is 12.9. The van der Waals surface area contributed by atoms with Gasteiger partial charge >= 0.3 is 0 Å². The summed E-state index contributed by atoms with van der Waals surface area (Å²) in [6.07, 6.45) is 1.45. The number of hydrogen-bond acceptors (Lipinski definition) is 4. The normalized spacial score (nSPS) is 18.0. The Hall–Kier alpha value is -2.67. The number of aromatic amines is 1. The lowest BCUT2D eigenvalue weighted by atomic mass is 10.2. The van der Waals surface area contributed by atoms with Crippen LogP contribution in [-0.2, 0) is 11.3 Å². The molecule has 0 spiro atoms. The van der Waals surface area contributed by atoms with Gasteiger partial charge in [0, 0.05) is 24.0 Å². The van der Waals surface area contributed by atoms with Gasteiger partial charge in [0.15, 0.2) is 5.82 Å². The van der Waals surface area contributed by atoms with Crippen molar-refractivity contribution in [2.75, 3.05) is 19.7 Å². The monoisotopic (exact) mass is 339 g/mol. The van der Waals surface area contributed by atoms with E-state index in [0.717, 1.165) is 23.3 Å². The van der Waals surface area contributed by atoms with Gasteiger partial charge in [-0.2, -0.15) is 0 Å². The second kappa shape index (κ2) is 6.33. The molecular formula is C18H21N5O2. The van der Waals surface area contributed by atoms with E-state index in [4.69, 9.17) is 4.74 Å². The van der Waals surface area contributed by atoms with Gasteiger partial charge in [-0.05, 0) is 31.5 Å². The molecule has 1 aliphatic heterocycles. The number of aromatic nitrogens is 4. The summed E-state index contributed by atoms with van der Waals surface area (Å²) in [4.78, 5) is 18.0. The minimum Gasteiger partial charge on any atom is -0.366 e. The van der Waals surface area contributed by atoms with Gasteiger partial charge in [-0.3, -0.25) is 4.79 Å². The Kier molecular flexibility index (Phi) is 4.01. The van der Waals surface area contributed by atoms with E-state index in [-0.39, 0.29) is 12.0 Å². The highest BCUT2D eigenvalue weighted by molar-refractivity contribution is 5.98. The highest BCUT2D eigenvalue weighted by Gasteiger charge is 2.29. The largest absolute Gasteiger partial charge is 0.366 e. The molecule has 0 unspecified atom stereocenters. The number of morpholine rings is 1. The van der Waals surface area contributed by atoms with Crippen LogP contribution in [0.2, 0.25) is 0 Å². The van der Waals surface area contributed by atoms with Crippen molar-refractivity contribution in [1.29, 1.82) is 0 Å². The van der Waals surface area contributed by atoms with Crippen LogP contribution in [0.5, 0.6) is 0 Å². The maximum Gasteiger partial charge on any atom is 0.270 e. The molecule has 1 saturated heterocycles. The number of ether oxygens (including phenoxy) is 1. The number of nitrogens with one attached hydrogen (secondary N) is 1. The first-order valence-electron chi connectivity index (χ1n) is 8.53. The molecule has 1 atom stereocenters. The van der Waals surface area contributed by atoms with Crippen molar-refractivity contribution in [3.63, 3.8) is 0 Å². The van der Waals surface area contributed by atoms with Crippen LogP contribution in [-0.4, -0.2) is 50.3 Å². The minimum atomic E-state index is -0.244. The van der Waals surface area contributed by atoms with Crippen LogP contribution in [0, 0.1) is 6.92 Å². The van der Waals surface area contributed by atoms with Crippen LogP contribution in [0.15, 0.2) is 30.6 Å². The van der Waals surface area contributed by atoms with Gasteiger partial charge < -0.3 is 19.2 Å². The number of hydrogen-bond donors (Lipinski definition) is 1. The van der Waals surface area contributed by atoms with E-state index >= 15 is 0 Å². The molecule has 1 fully saturated rings. The highest BCUT2D eigenvalue weighted by atomic mass is 16.5. The summed E-state index contributed by atoms with van der Waals surface area (Å²) in [5, 5.41) is 9.17. The predicted octanol–water partition coefficient (Wildman–Crippen LogP) is 2.30. The average molecular weight is 339 g/mol. The maximum atomic E-state index is 12.9. The lowest BCUT2D eigenvalue weighted by Gasteiger charge is -2.32. The number of H-pyrrole nitrogens is 1. The number of amides is 1. The number of benzene rings is 1. The first kappa shape index (κ1) is 15.8. The Morgan fingerprint density at radius 2 is 2.28 bits per heavy atom. The molecule has 7 heteroatoms. The molecule has 1 aliphatic rings. The molecule has 0 bridgehead atoms. The molecule has 130 valence electrons. The van der Waals surface area contributed by atoms with Crippen molar-refractivity contribution in [1.82, 2.24) is 24.6 Å². The zero-order valence-electron chi connectivity index (χ0n) is 14.4. The van der Waals surface area contributed by atoms with Crippen molar-refractivity contribution in [3.05, 3.63) is 47.7 Å². The molecule has 0 radical (unpaired) electrons. The summed E-state index contributed by atoms with van der Waals surface area (Å²) in [5.41, 5.74) is 2.76. The number of aryl methyl sites for hydroxylation is 2. The SMILES string of the molecule is CCn1cnnc1[C@H]1CN(C(=O)c2cc3ccc(C)cc3[nH]2)CCO1. The molecule has 1 amide bonds. The Morgan fingerprint density at radius 3 is 3.12 bits per heavy atom. The Morgan fingerprint density at radius 1 is 1.40 bits per heavy atom. The Labute approximate surface area is 145 Å². The summed E-state index contributed by atoms with van der Waals surface area (Å²) in [6.45, 7) is 6.39. The number of nitrogens with zero attached hydrogens (tertiary/aromatic N) is 4. The molecule has 0 saturated carbocycles. The van der Waals surface area contributed by atoms with Crippen LogP contribution >= 0.6 is 0 Å². The number of carbonyl (C=O) groups excluding carboxylic acids is 1. The molecule has 3 aromatic rings. The number of carbonyl (C=O) groups is 1. The molecule has 3 heterocycles. The fourth-order valence-corrected chi connectivity index (χ4v) is 3.27. The Balaban J connectivity index is 1.56. The quantitative estimate of drug-likeness (QED) is 0.794. The molecule has 0 aliphatic carbocycles. The zero-order valence-corrected chi connectivity index (χ0v) is 14.4. The van der Waals surface area contributed by atoms with Crippen LogP contribution in [0.4, 0.5) is 0 Å². The third-order valence-electron chi connectivity index (χ3n) is 4.64. The highest BCUT2D eigenvalue weighted by Crippen LogP contribution is 2.23. The molecule has 7 nitrogen and oxygen atoms in total. The Bertz CT molecular complexity index is 913. The topological polar surface area (TPSA) is 76.0 Å². The van der Waals surface area contributed by atoms with Crippen molar-refractivity contribution in [2.45, 2.75) is 26.5 Å². The summed E-state index contributed by atoms with van der Waals surface area (Å²) in [7, 11) is 0. The average Bonchev–Trinajstić information content (AvgIpc) is 3.27. The molecule has 25 heavy (non-hydrogen) atoms. The standard InChI is InChI=1S/C18H21N5O2/c1-3-22-11-19-21-17(22)16-10-23(6-7-25-16)18(24)15-9-13-5-4-12(2)8-14(13)20-15/h4-5,8-9,11,16,20H,3,6-7,10H2,1-2H3/t16-/m1/s1. The first-order chi connectivity index (χ1) is 12.2. The molecule has 2 aromatic heterocycles. The fraction of sp³-hybridized carbons (Fsp3) is 0.389. The van der Waals surface area contributed by atoms with E-state index in [2.05, 4.69) is 21.2 Å². The van der Waals surface area contributed by atoms with E-state index in [1.807, 2.05) is 41.5 Å². The third kappa shape index (κ3) is 2.91. The van der Waals surface area contributed by atoms with Crippen molar-refractivity contribution >= 4 is 16.8 Å². The lowest BCUT2D eigenvalue weighted by Crippen LogP contribution is -2.43. The second-order valence-corrected chi connectivity index (χ2v) is 6.36. The summed E-state index contributed by atoms with van der Waals surface area (Å²) >= 11 is 0. The van der Waals surface area contributed by atoms with Gasteiger partial charge in [-0.1, -0.05) is 12.1 Å². The van der Waals surface area contributed by atoms with Gasteiger partial charge in [-0.25, -0.2) is 0 Å². The van der Waals surface area contributed by atoms with Crippen LogP contribution in [0.3, 0.4) is 0 Å². The predicted molar refractivity (Wildman–Crippen MR) is 93.3 cm³/mol. The van der Waals surface area contributed by atoms with Crippen molar-refractivity contribution in [3.8, 4) is 0 Å². The van der Waals surface area contributed by atoms with Gasteiger partial charge in [-0.15, -0.1) is 10.2 Å². The van der Waals surface area contributed by atoms with Crippen LogP contribution in [0.25, 0.3) is 10.9 Å². The summed E-state index contributed by atoms with van der Waals surface area (Å²) < 4.78 is 7.78. The van der Waals surface area contributed by atoms with E-state index in [9.17, 15) is 4.79 Å². The molecule has 1 aromatic carbocycles. The molecule has 4 rings (SSSR count). The fourth-order valence-electron chi connectivity index (χ4n) is 3.27. The van der Waals surface area contributed by atoms with Crippen LogP contribution < -0.4 is 0 Å². The summed E-state index contributed by atoms with van der Waals surface area (Å²) in [6, 6.07) is 8.05. The van der Waals surface area contributed by atoms with Crippen molar-refractivity contribution in [2.24, 2.45) is 0 Å². The van der Waals surface area contributed by atoms with E-state index < -0.39 is 0 Å². The first-order valence-corrected chi connectivity index (χ1v) is 8.53. The smallest absolute Gasteiger partial charge is 0.270 e. The molecule has 1 N–H and O–H groups in total. The van der Waals surface area contributed by atoms with Gasteiger partial charge in [0.25, 0.3) is 5.91 Å². The van der Waals surface area contributed by atoms with Gasteiger partial charge in [0.05, 0.1) is 13.2 Å². The van der Waals surface area contributed by atoms with E-state index in [1.54, 1.807) is 6.33 Å². The van der Waals surface area contributed by atoms with Gasteiger partial charge in [0.2, 0.25) is 0 Å². The number of rotatable bonds is 3. The van der Waals surface area contributed by atoms with Gasteiger partial charge in [0.1, 0.15) is 18.1 Å².